The first kappa shape index (κ1) is 14.8. The Bertz CT molecular complexity index is 338. The normalized spacial score (nSPS) is 13.9. The first-order valence-electron chi connectivity index (χ1n) is 5.29. The topological polar surface area (TPSA) is 9.23 Å². The van der Waals surface area contributed by atoms with Crippen LogP contribution in [0.3, 0.4) is 0 Å². The quantitative estimate of drug-likeness (QED) is 0.550. The Morgan fingerprint density at radius 2 is 2.12 bits per heavy atom. The molecule has 0 radical (unpaired) electrons. The van der Waals surface area contributed by atoms with E-state index < -0.39 is 12.8 Å². The molecule has 1 heterocycles. The number of aryl methyl sites for hydroxylation is 1. The Kier molecular flexibility index (Phi) is 5.76. The van der Waals surface area contributed by atoms with E-state index >= 15 is 0 Å². The monoisotopic (exact) mass is 286 g/mol. The van der Waals surface area contributed by atoms with Crippen LogP contribution in [0.15, 0.2) is 12.1 Å². The number of hydrogen-bond acceptors (Lipinski definition) is 2. The zero-order chi connectivity index (χ0) is 12.9. The SMILES string of the molecule is CCc1ccc(C(Cl)CCOCC(F)(F)F)s1. The molecule has 0 aliphatic rings. The summed E-state index contributed by atoms with van der Waals surface area (Å²) in [5.41, 5.74) is 0. The lowest BCUT2D eigenvalue weighted by Crippen LogP contribution is -2.17. The van der Waals surface area contributed by atoms with Crippen molar-refractivity contribution in [2.75, 3.05) is 13.2 Å². The zero-order valence-electron chi connectivity index (χ0n) is 9.39. The van der Waals surface area contributed by atoms with Gasteiger partial charge in [0.05, 0.1) is 5.38 Å². The van der Waals surface area contributed by atoms with Gasteiger partial charge in [-0.25, -0.2) is 0 Å². The van der Waals surface area contributed by atoms with Gasteiger partial charge in [-0.2, -0.15) is 13.2 Å². The number of alkyl halides is 4. The van der Waals surface area contributed by atoms with E-state index in [1.807, 2.05) is 19.1 Å². The van der Waals surface area contributed by atoms with Crippen molar-refractivity contribution in [3.05, 3.63) is 21.9 Å². The average molecular weight is 287 g/mol. The molecule has 1 aromatic rings. The maximum Gasteiger partial charge on any atom is 0.411 e. The highest BCUT2D eigenvalue weighted by molar-refractivity contribution is 7.12. The molecule has 1 unspecified atom stereocenters. The summed E-state index contributed by atoms with van der Waals surface area (Å²) in [6.45, 7) is 0.861. The maximum atomic E-state index is 11.8. The number of halogens is 4. The Balaban J connectivity index is 2.27. The van der Waals surface area contributed by atoms with Gasteiger partial charge in [-0.1, -0.05) is 6.92 Å². The third kappa shape index (κ3) is 5.75. The van der Waals surface area contributed by atoms with Crippen LogP contribution in [0, 0.1) is 0 Å². The molecule has 1 nitrogen and oxygen atoms in total. The standard InChI is InChI=1S/C11H14ClF3OS/c1-2-8-3-4-10(17-8)9(12)5-6-16-7-11(13,14)15/h3-4,9H,2,5-7H2,1H3. The van der Waals surface area contributed by atoms with Crippen LogP contribution in [0.25, 0.3) is 0 Å². The molecule has 1 rings (SSSR count). The van der Waals surface area contributed by atoms with E-state index in [9.17, 15) is 13.2 Å². The number of ether oxygens (including phenoxy) is 1. The second kappa shape index (κ2) is 6.61. The van der Waals surface area contributed by atoms with Crippen molar-refractivity contribution in [3.8, 4) is 0 Å². The van der Waals surface area contributed by atoms with E-state index in [0.717, 1.165) is 11.3 Å². The van der Waals surface area contributed by atoms with Crippen molar-refractivity contribution in [1.29, 1.82) is 0 Å². The third-order valence-electron chi connectivity index (χ3n) is 2.12. The molecule has 1 atom stereocenters. The van der Waals surface area contributed by atoms with Gasteiger partial charge in [0.25, 0.3) is 0 Å². The fourth-order valence-electron chi connectivity index (χ4n) is 1.27. The minimum absolute atomic E-state index is 0.0209. The Labute approximate surface area is 108 Å². The van der Waals surface area contributed by atoms with Crippen molar-refractivity contribution in [1.82, 2.24) is 0 Å². The fraction of sp³-hybridized carbons (Fsp3) is 0.636. The largest absolute Gasteiger partial charge is 0.411 e. The van der Waals surface area contributed by atoms with E-state index in [-0.39, 0.29) is 12.0 Å². The van der Waals surface area contributed by atoms with Crippen LogP contribution in [0.2, 0.25) is 0 Å². The van der Waals surface area contributed by atoms with E-state index in [1.165, 1.54) is 4.88 Å². The summed E-state index contributed by atoms with van der Waals surface area (Å²) in [6.07, 6.45) is -2.93. The fourth-order valence-corrected chi connectivity index (χ4v) is 2.53. The average Bonchev–Trinajstić information content (AvgIpc) is 2.71. The van der Waals surface area contributed by atoms with Crippen LogP contribution < -0.4 is 0 Å². The Morgan fingerprint density at radius 3 is 2.65 bits per heavy atom. The molecular formula is C11H14ClF3OS. The van der Waals surface area contributed by atoms with Crippen LogP contribution in [-0.4, -0.2) is 19.4 Å². The van der Waals surface area contributed by atoms with Gasteiger partial charge < -0.3 is 4.74 Å². The highest BCUT2D eigenvalue weighted by Gasteiger charge is 2.27. The Hall–Kier alpha value is -0.260. The van der Waals surface area contributed by atoms with Crippen molar-refractivity contribution in [2.45, 2.75) is 31.3 Å². The summed E-state index contributed by atoms with van der Waals surface area (Å²) in [7, 11) is 0. The van der Waals surface area contributed by atoms with Gasteiger partial charge in [0.1, 0.15) is 6.61 Å². The van der Waals surface area contributed by atoms with Crippen LogP contribution in [-0.2, 0) is 11.2 Å². The van der Waals surface area contributed by atoms with Gasteiger partial charge in [0, 0.05) is 16.4 Å². The van der Waals surface area contributed by atoms with Gasteiger partial charge in [0.15, 0.2) is 0 Å². The van der Waals surface area contributed by atoms with E-state index in [4.69, 9.17) is 11.6 Å². The first-order valence-corrected chi connectivity index (χ1v) is 6.55. The van der Waals surface area contributed by atoms with Gasteiger partial charge in [-0.15, -0.1) is 22.9 Å². The third-order valence-corrected chi connectivity index (χ3v) is 4.05. The second-order valence-corrected chi connectivity index (χ2v) is 5.31. The van der Waals surface area contributed by atoms with Crippen molar-refractivity contribution >= 4 is 22.9 Å². The minimum atomic E-state index is -4.26. The van der Waals surface area contributed by atoms with Crippen LogP contribution in [0.4, 0.5) is 13.2 Å². The molecule has 6 heteroatoms. The Morgan fingerprint density at radius 1 is 1.41 bits per heavy atom. The zero-order valence-corrected chi connectivity index (χ0v) is 11.0. The number of thiophene rings is 1. The maximum absolute atomic E-state index is 11.8. The van der Waals surface area contributed by atoms with E-state index in [2.05, 4.69) is 4.74 Å². The second-order valence-electron chi connectivity index (χ2n) is 3.58. The van der Waals surface area contributed by atoms with Gasteiger partial charge >= 0.3 is 6.18 Å². The number of rotatable bonds is 6. The van der Waals surface area contributed by atoms with Crippen LogP contribution in [0.5, 0.6) is 0 Å². The van der Waals surface area contributed by atoms with Crippen molar-refractivity contribution < 1.29 is 17.9 Å². The predicted octanol–water partition coefficient (Wildman–Crippen LogP) is 4.56. The molecular weight excluding hydrogens is 273 g/mol. The summed E-state index contributed by atoms with van der Waals surface area (Å²) in [4.78, 5) is 2.21. The van der Waals surface area contributed by atoms with Crippen LogP contribution in [0.1, 0.15) is 28.5 Å². The highest BCUT2D eigenvalue weighted by atomic mass is 35.5. The summed E-state index contributed by atoms with van der Waals surface area (Å²) in [5.74, 6) is 0. The molecule has 0 spiro atoms. The van der Waals surface area contributed by atoms with Crippen molar-refractivity contribution in [3.63, 3.8) is 0 Å². The van der Waals surface area contributed by atoms with Crippen LogP contribution >= 0.6 is 22.9 Å². The molecule has 0 saturated carbocycles. The summed E-state index contributed by atoms with van der Waals surface area (Å²) in [6, 6.07) is 3.91. The lowest BCUT2D eigenvalue weighted by Gasteiger charge is -2.09. The molecule has 0 N–H and O–H groups in total. The minimum Gasteiger partial charge on any atom is -0.372 e. The van der Waals surface area contributed by atoms with Gasteiger partial charge in [-0.05, 0) is 25.0 Å². The smallest absolute Gasteiger partial charge is 0.372 e. The van der Waals surface area contributed by atoms with E-state index in [1.54, 1.807) is 11.3 Å². The summed E-state index contributed by atoms with van der Waals surface area (Å²) >= 11 is 7.67. The van der Waals surface area contributed by atoms with E-state index in [0.29, 0.717) is 6.42 Å². The van der Waals surface area contributed by atoms with Gasteiger partial charge in [-0.3, -0.25) is 0 Å². The molecule has 17 heavy (non-hydrogen) atoms. The summed E-state index contributed by atoms with van der Waals surface area (Å²) in [5, 5.41) is -0.270. The molecule has 0 fully saturated rings. The molecule has 0 aliphatic heterocycles. The molecule has 1 aromatic heterocycles. The molecule has 0 amide bonds. The molecule has 0 bridgehead atoms. The lowest BCUT2D eigenvalue weighted by molar-refractivity contribution is -0.174. The summed E-state index contributed by atoms with van der Waals surface area (Å²) < 4.78 is 39.9. The molecule has 0 saturated heterocycles. The van der Waals surface area contributed by atoms with Crippen molar-refractivity contribution in [2.24, 2.45) is 0 Å². The number of hydrogen-bond donors (Lipinski definition) is 0. The van der Waals surface area contributed by atoms with Gasteiger partial charge in [0.2, 0.25) is 0 Å². The first-order chi connectivity index (χ1) is 7.92. The molecule has 0 aliphatic carbocycles. The molecule has 98 valence electrons. The predicted molar refractivity (Wildman–Crippen MR) is 63.8 cm³/mol. The lowest BCUT2D eigenvalue weighted by atomic mass is 10.2. The highest BCUT2D eigenvalue weighted by Crippen LogP contribution is 2.31. The molecule has 0 aromatic carbocycles.